The summed E-state index contributed by atoms with van der Waals surface area (Å²) in [5.41, 5.74) is 2.20. The third kappa shape index (κ3) is 2.11. The third-order valence-corrected chi connectivity index (χ3v) is 3.91. The fourth-order valence-corrected chi connectivity index (χ4v) is 2.73. The molecule has 120 valence electrons. The van der Waals surface area contributed by atoms with Gasteiger partial charge in [-0.05, 0) is 6.07 Å². The first-order valence-corrected chi connectivity index (χ1v) is 7.00. The zero-order chi connectivity index (χ0) is 16.0. The van der Waals surface area contributed by atoms with E-state index in [1.807, 2.05) is 0 Å². The summed E-state index contributed by atoms with van der Waals surface area (Å²) in [7, 11) is 0. The maximum absolute atomic E-state index is 10.1. The Morgan fingerprint density at radius 2 is 2.09 bits per heavy atom. The van der Waals surface area contributed by atoms with E-state index >= 15 is 0 Å². The van der Waals surface area contributed by atoms with E-state index in [-0.39, 0.29) is 0 Å². The molecule has 0 amide bonds. The average molecular weight is 318 g/mol. The highest BCUT2D eigenvalue weighted by Gasteiger charge is 2.44. The third-order valence-electron chi connectivity index (χ3n) is 3.91. The molecule has 0 aliphatic carbocycles. The Kier molecular flexibility index (Phi) is 3.31. The molecule has 4 atom stereocenters. The Morgan fingerprint density at radius 3 is 2.78 bits per heavy atom. The van der Waals surface area contributed by atoms with Gasteiger partial charge in [0.1, 0.15) is 35.8 Å². The number of nitrogens with zero attached hydrogens (tertiary/aromatic N) is 5. The van der Waals surface area contributed by atoms with Gasteiger partial charge in [-0.15, -0.1) is 0 Å². The molecule has 1 unspecified atom stereocenters. The summed E-state index contributed by atoms with van der Waals surface area (Å²) in [6, 6.07) is 1.76. The van der Waals surface area contributed by atoms with Crippen molar-refractivity contribution < 1.29 is 20.1 Å². The van der Waals surface area contributed by atoms with Crippen LogP contribution in [0.1, 0.15) is 6.23 Å². The van der Waals surface area contributed by atoms with Crippen LogP contribution in [-0.2, 0) is 4.74 Å². The summed E-state index contributed by atoms with van der Waals surface area (Å²) < 4.78 is 7.02. The standard InChI is InChI=1S/C13H14N6O4/c20-3-7-10(21)11(22)13(23-7)19-5-16-9-8(6-1-2-17-18-6)14-4-15-12(9)19/h1-2,4-5,7,10-11,13,20-22H,3H2,(H,17,18)/t7-,10-,11-,13?/m1/s1. The fourth-order valence-electron chi connectivity index (χ4n) is 2.73. The summed E-state index contributed by atoms with van der Waals surface area (Å²) >= 11 is 0. The van der Waals surface area contributed by atoms with Gasteiger partial charge in [0.05, 0.1) is 18.6 Å². The molecule has 3 aromatic heterocycles. The minimum atomic E-state index is -1.20. The van der Waals surface area contributed by atoms with Gasteiger partial charge >= 0.3 is 0 Å². The number of aromatic amines is 1. The van der Waals surface area contributed by atoms with Crippen molar-refractivity contribution in [3.63, 3.8) is 0 Å². The van der Waals surface area contributed by atoms with E-state index in [1.54, 1.807) is 12.3 Å². The van der Waals surface area contributed by atoms with Crippen LogP contribution in [0, 0.1) is 0 Å². The minimum Gasteiger partial charge on any atom is -0.394 e. The van der Waals surface area contributed by atoms with Crippen LogP contribution >= 0.6 is 0 Å². The van der Waals surface area contributed by atoms with Gasteiger partial charge in [-0.2, -0.15) is 5.10 Å². The normalized spacial score (nSPS) is 27.8. The van der Waals surface area contributed by atoms with Crippen molar-refractivity contribution in [3.8, 4) is 11.4 Å². The number of H-pyrrole nitrogens is 1. The van der Waals surface area contributed by atoms with Gasteiger partial charge < -0.3 is 20.1 Å². The Bertz CT molecular complexity index is 819. The van der Waals surface area contributed by atoms with Crippen LogP contribution in [0.15, 0.2) is 24.9 Å². The molecule has 4 N–H and O–H groups in total. The van der Waals surface area contributed by atoms with Crippen molar-refractivity contribution in [2.75, 3.05) is 6.61 Å². The second-order valence-electron chi connectivity index (χ2n) is 5.25. The number of aliphatic hydroxyl groups excluding tert-OH is 3. The molecule has 0 spiro atoms. The molecular weight excluding hydrogens is 304 g/mol. The van der Waals surface area contributed by atoms with Crippen molar-refractivity contribution in [1.82, 2.24) is 29.7 Å². The Morgan fingerprint density at radius 1 is 1.22 bits per heavy atom. The quantitative estimate of drug-likeness (QED) is 0.473. The Balaban J connectivity index is 1.80. The molecule has 1 aliphatic rings. The molecule has 23 heavy (non-hydrogen) atoms. The number of hydrogen-bond acceptors (Lipinski definition) is 8. The van der Waals surface area contributed by atoms with E-state index in [4.69, 9.17) is 4.74 Å². The lowest BCUT2D eigenvalue weighted by atomic mass is 10.1. The van der Waals surface area contributed by atoms with Crippen molar-refractivity contribution >= 4 is 11.2 Å². The predicted molar refractivity (Wildman–Crippen MR) is 75.9 cm³/mol. The largest absolute Gasteiger partial charge is 0.394 e. The van der Waals surface area contributed by atoms with Gasteiger partial charge in [0.25, 0.3) is 0 Å². The fraction of sp³-hybridized carbons (Fsp3) is 0.385. The smallest absolute Gasteiger partial charge is 0.166 e. The minimum absolute atomic E-state index is 0.393. The molecule has 1 fully saturated rings. The lowest BCUT2D eigenvalue weighted by Crippen LogP contribution is -2.33. The summed E-state index contributed by atoms with van der Waals surface area (Å²) in [5, 5.41) is 35.9. The van der Waals surface area contributed by atoms with Crippen LogP contribution < -0.4 is 0 Å². The van der Waals surface area contributed by atoms with Gasteiger partial charge in [-0.1, -0.05) is 0 Å². The van der Waals surface area contributed by atoms with E-state index in [1.165, 1.54) is 17.2 Å². The van der Waals surface area contributed by atoms with Gasteiger partial charge in [0, 0.05) is 6.20 Å². The van der Waals surface area contributed by atoms with E-state index in [0.717, 1.165) is 0 Å². The highest BCUT2D eigenvalue weighted by Crippen LogP contribution is 2.32. The predicted octanol–water partition coefficient (Wildman–Crippen LogP) is -1.17. The SMILES string of the molecule is OC[C@H]1OC(n2cnc3c(-c4ccn[nH]4)ncnc32)[C@H](O)[C@@H]1O. The molecular formula is C13H14N6O4. The number of fused-ring (bicyclic) bond motifs is 1. The molecule has 0 saturated carbocycles. The number of aromatic nitrogens is 6. The van der Waals surface area contributed by atoms with E-state index in [9.17, 15) is 15.3 Å². The molecule has 10 heteroatoms. The number of ether oxygens (including phenoxy) is 1. The first-order valence-electron chi connectivity index (χ1n) is 7.00. The van der Waals surface area contributed by atoms with Crippen molar-refractivity contribution in [1.29, 1.82) is 0 Å². The first-order chi connectivity index (χ1) is 11.2. The van der Waals surface area contributed by atoms with Crippen molar-refractivity contribution in [2.45, 2.75) is 24.5 Å². The van der Waals surface area contributed by atoms with Crippen LogP contribution in [0.4, 0.5) is 0 Å². The molecule has 0 bridgehead atoms. The molecule has 1 aliphatic heterocycles. The summed E-state index contributed by atoms with van der Waals surface area (Å²) in [4.78, 5) is 12.7. The topological polar surface area (TPSA) is 142 Å². The monoisotopic (exact) mass is 318 g/mol. The van der Waals surface area contributed by atoms with Crippen LogP contribution in [0.5, 0.6) is 0 Å². The highest BCUT2D eigenvalue weighted by atomic mass is 16.6. The number of imidazole rings is 1. The lowest BCUT2D eigenvalue weighted by molar-refractivity contribution is -0.0511. The zero-order valence-corrected chi connectivity index (χ0v) is 11.8. The number of hydrogen-bond donors (Lipinski definition) is 4. The van der Waals surface area contributed by atoms with Crippen LogP contribution in [-0.4, -0.2) is 70.0 Å². The van der Waals surface area contributed by atoms with Crippen LogP contribution in [0.3, 0.4) is 0 Å². The highest BCUT2D eigenvalue weighted by molar-refractivity contribution is 5.85. The number of nitrogens with one attached hydrogen (secondary N) is 1. The van der Waals surface area contributed by atoms with Gasteiger partial charge in [0.2, 0.25) is 0 Å². The molecule has 10 nitrogen and oxygen atoms in total. The number of aliphatic hydroxyl groups is 3. The second-order valence-corrected chi connectivity index (χ2v) is 5.25. The molecule has 0 aromatic carbocycles. The van der Waals surface area contributed by atoms with Crippen molar-refractivity contribution in [3.05, 3.63) is 24.9 Å². The maximum atomic E-state index is 10.1. The second kappa shape index (κ2) is 5.35. The van der Waals surface area contributed by atoms with E-state index < -0.39 is 31.1 Å². The van der Waals surface area contributed by atoms with Gasteiger partial charge in [-0.25, -0.2) is 15.0 Å². The Hall–Kier alpha value is -2.40. The Labute approximate surface area is 129 Å². The molecule has 4 heterocycles. The molecule has 0 radical (unpaired) electrons. The van der Waals surface area contributed by atoms with Crippen molar-refractivity contribution in [2.24, 2.45) is 0 Å². The summed E-state index contributed by atoms with van der Waals surface area (Å²) in [5.74, 6) is 0. The van der Waals surface area contributed by atoms with Gasteiger partial charge in [0.15, 0.2) is 11.9 Å². The molecule has 3 aromatic rings. The van der Waals surface area contributed by atoms with Crippen LogP contribution in [0.2, 0.25) is 0 Å². The van der Waals surface area contributed by atoms with E-state index in [2.05, 4.69) is 25.1 Å². The zero-order valence-electron chi connectivity index (χ0n) is 11.8. The molecule has 4 rings (SSSR count). The summed E-state index contributed by atoms with van der Waals surface area (Å²) in [6.07, 6.45) is 0.300. The summed E-state index contributed by atoms with van der Waals surface area (Å²) in [6.45, 7) is -0.393. The lowest BCUT2D eigenvalue weighted by Gasteiger charge is -2.16. The number of rotatable bonds is 3. The van der Waals surface area contributed by atoms with Gasteiger partial charge in [-0.3, -0.25) is 9.67 Å². The van der Waals surface area contributed by atoms with Crippen LogP contribution in [0.25, 0.3) is 22.6 Å². The first kappa shape index (κ1) is 14.2. The average Bonchev–Trinajstić information content (AvgIpc) is 3.28. The van der Waals surface area contributed by atoms with E-state index in [0.29, 0.717) is 22.6 Å². The molecule has 1 saturated heterocycles. The maximum Gasteiger partial charge on any atom is 0.166 e.